The van der Waals surface area contributed by atoms with Crippen molar-refractivity contribution in [3.63, 3.8) is 0 Å². The van der Waals surface area contributed by atoms with E-state index in [0.29, 0.717) is 0 Å². The van der Waals surface area contributed by atoms with Gasteiger partial charge in [-0.3, -0.25) is 0 Å². The zero-order valence-corrected chi connectivity index (χ0v) is 7.87. The lowest BCUT2D eigenvalue weighted by atomic mass is 10.3. The van der Waals surface area contributed by atoms with Crippen LogP contribution in [-0.4, -0.2) is 6.54 Å². The van der Waals surface area contributed by atoms with Crippen molar-refractivity contribution in [2.75, 3.05) is 6.54 Å². The lowest BCUT2D eigenvalue weighted by molar-refractivity contribution is 0.727. The number of hydrogen-bond acceptors (Lipinski definition) is 1. The maximum atomic E-state index is 5.21. The van der Waals surface area contributed by atoms with Crippen LogP contribution in [0, 0.1) is 0 Å². The molecule has 2 N–H and O–H groups in total. The molecule has 0 radical (unpaired) electrons. The molecule has 0 atom stereocenters. The van der Waals surface area contributed by atoms with Gasteiger partial charge in [-0.25, -0.2) is 0 Å². The maximum Gasteiger partial charge on any atom is -0.00773 e. The van der Waals surface area contributed by atoms with Gasteiger partial charge in [0.2, 0.25) is 0 Å². The van der Waals surface area contributed by atoms with E-state index < -0.39 is 0 Å². The summed E-state index contributed by atoms with van der Waals surface area (Å²) in [6.07, 6.45) is 3.75. The topological polar surface area (TPSA) is 26.0 Å². The summed E-state index contributed by atoms with van der Waals surface area (Å²) in [4.78, 5) is 0. The summed E-state index contributed by atoms with van der Waals surface area (Å²) in [7, 11) is 0. The van der Waals surface area contributed by atoms with Gasteiger partial charge in [-0.1, -0.05) is 56.2 Å². The average Bonchev–Trinajstić information content (AvgIpc) is 2.18. The molecule has 0 aliphatic rings. The summed E-state index contributed by atoms with van der Waals surface area (Å²) in [6.45, 7) is 3.03. The van der Waals surface area contributed by atoms with Gasteiger partial charge in [0.05, 0.1) is 0 Å². The highest BCUT2D eigenvalue weighted by molar-refractivity contribution is 4.99. The molecular weight excluding hydrogens is 146 g/mol. The molecule has 0 saturated carbocycles. The first kappa shape index (κ1) is 11.2. The molecule has 0 amide bonds. The average molecular weight is 165 g/mol. The molecule has 1 heteroatoms. The Labute approximate surface area is 75.6 Å². The Balaban J connectivity index is 0.000000202. The smallest absolute Gasteiger partial charge is 0.00773 e. The van der Waals surface area contributed by atoms with Crippen molar-refractivity contribution in [1.82, 2.24) is 0 Å². The van der Waals surface area contributed by atoms with E-state index in [4.69, 9.17) is 5.73 Å². The van der Waals surface area contributed by atoms with Gasteiger partial charge < -0.3 is 5.73 Å². The molecule has 68 valence electrons. The van der Waals surface area contributed by atoms with Crippen molar-refractivity contribution in [3.8, 4) is 0 Å². The van der Waals surface area contributed by atoms with Gasteiger partial charge in [0, 0.05) is 0 Å². The van der Waals surface area contributed by atoms with E-state index in [2.05, 4.69) is 6.92 Å². The van der Waals surface area contributed by atoms with Gasteiger partial charge in [0.15, 0.2) is 0 Å². The van der Waals surface area contributed by atoms with Crippen LogP contribution in [0.1, 0.15) is 26.2 Å². The highest BCUT2D eigenvalue weighted by Crippen LogP contribution is 1.88. The third kappa shape index (κ3) is 9.18. The second kappa shape index (κ2) is 10.2. The SMILES string of the molecule is CCCCCN.c1ccccc1. The number of nitrogens with two attached hydrogens (primary N) is 1. The van der Waals surface area contributed by atoms with Gasteiger partial charge in [0.25, 0.3) is 0 Å². The number of benzene rings is 1. The Morgan fingerprint density at radius 3 is 1.42 bits per heavy atom. The maximum absolute atomic E-state index is 5.21. The Kier molecular flexibility index (Phi) is 9.48. The molecule has 1 aromatic carbocycles. The molecule has 0 aliphatic carbocycles. The van der Waals surface area contributed by atoms with Gasteiger partial charge in [-0.15, -0.1) is 0 Å². The molecule has 1 nitrogen and oxygen atoms in total. The summed E-state index contributed by atoms with van der Waals surface area (Å²) in [5, 5.41) is 0. The molecular formula is C11H19N. The normalized spacial score (nSPS) is 8.50. The van der Waals surface area contributed by atoms with Crippen LogP contribution in [0.3, 0.4) is 0 Å². The number of rotatable bonds is 3. The van der Waals surface area contributed by atoms with E-state index >= 15 is 0 Å². The van der Waals surface area contributed by atoms with Gasteiger partial charge in [-0.05, 0) is 13.0 Å². The molecule has 0 aromatic heterocycles. The zero-order chi connectivity index (χ0) is 9.07. The van der Waals surface area contributed by atoms with Crippen molar-refractivity contribution in [1.29, 1.82) is 0 Å². The Hall–Kier alpha value is -0.820. The van der Waals surface area contributed by atoms with Crippen molar-refractivity contribution in [2.45, 2.75) is 26.2 Å². The van der Waals surface area contributed by atoms with Crippen LogP contribution >= 0.6 is 0 Å². The molecule has 0 aliphatic heterocycles. The Morgan fingerprint density at radius 1 is 0.833 bits per heavy atom. The minimum absolute atomic E-state index is 0.855. The molecule has 1 rings (SSSR count). The lowest BCUT2D eigenvalue weighted by Crippen LogP contribution is -1.96. The van der Waals surface area contributed by atoms with Gasteiger partial charge in [0.1, 0.15) is 0 Å². The Bertz CT molecular complexity index is 118. The third-order valence-corrected chi connectivity index (χ3v) is 1.47. The first-order valence-corrected chi connectivity index (χ1v) is 4.62. The first-order chi connectivity index (χ1) is 5.91. The van der Waals surface area contributed by atoms with Gasteiger partial charge >= 0.3 is 0 Å². The summed E-state index contributed by atoms with van der Waals surface area (Å²) >= 11 is 0. The monoisotopic (exact) mass is 165 g/mol. The number of unbranched alkanes of at least 4 members (excludes halogenated alkanes) is 2. The largest absolute Gasteiger partial charge is 0.330 e. The minimum atomic E-state index is 0.855. The molecule has 0 fully saturated rings. The standard InChI is InChI=1S/C6H6.C5H13N/c1-2-4-6-5-3-1;1-2-3-4-5-6/h1-6H;2-6H2,1H3. The second-order valence-electron chi connectivity index (χ2n) is 2.65. The number of hydrogen-bond donors (Lipinski definition) is 1. The van der Waals surface area contributed by atoms with Crippen LogP contribution in [0.25, 0.3) is 0 Å². The fraction of sp³-hybridized carbons (Fsp3) is 0.455. The fourth-order valence-corrected chi connectivity index (χ4v) is 0.779. The Morgan fingerprint density at radius 2 is 1.25 bits per heavy atom. The fourth-order valence-electron chi connectivity index (χ4n) is 0.779. The second-order valence-corrected chi connectivity index (χ2v) is 2.65. The van der Waals surface area contributed by atoms with E-state index in [1.807, 2.05) is 36.4 Å². The van der Waals surface area contributed by atoms with Crippen LogP contribution in [0.2, 0.25) is 0 Å². The summed E-state index contributed by atoms with van der Waals surface area (Å²) in [5.74, 6) is 0. The quantitative estimate of drug-likeness (QED) is 0.685. The minimum Gasteiger partial charge on any atom is -0.330 e. The predicted molar refractivity (Wildman–Crippen MR) is 55.0 cm³/mol. The van der Waals surface area contributed by atoms with Crippen molar-refractivity contribution < 1.29 is 0 Å². The van der Waals surface area contributed by atoms with Crippen molar-refractivity contribution >= 4 is 0 Å². The van der Waals surface area contributed by atoms with Crippen LogP contribution in [0.15, 0.2) is 36.4 Å². The summed E-state index contributed by atoms with van der Waals surface area (Å²) < 4.78 is 0. The van der Waals surface area contributed by atoms with Crippen LogP contribution < -0.4 is 5.73 Å². The van der Waals surface area contributed by atoms with E-state index in [0.717, 1.165) is 6.54 Å². The lowest BCUT2D eigenvalue weighted by Gasteiger charge is -1.86. The van der Waals surface area contributed by atoms with E-state index in [9.17, 15) is 0 Å². The van der Waals surface area contributed by atoms with Crippen LogP contribution in [-0.2, 0) is 0 Å². The van der Waals surface area contributed by atoms with Gasteiger partial charge in [-0.2, -0.15) is 0 Å². The molecule has 0 bridgehead atoms. The highest BCUT2D eigenvalue weighted by atomic mass is 14.5. The van der Waals surface area contributed by atoms with Crippen LogP contribution in [0.5, 0.6) is 0 Å². The van der Waals surface area contributed by atoms with E-state index in [1.165, 1.54) is 19.3 Å². The van der Waals surface area contributed by atoms with E-state index in [1.54, 1.807) is 0 Å². The highest BCUT2D eigenvalue weighted by Gasteiger charge is 1.75. The predicted octanol–water partition coefficient (Wildman–Crippen LogP) is 2.82. The molecule has 0 heterocycles. The first-order valence-electron chi connectivity index (χ1n) is 4.62. The van der Waals surface area contributed by atoms with Crippen LogP contribution in [0.4, 0.5) is 0 Å². The molecule has 0 spiro atoms. The molecule has 0 saturated heterocycles. The zero-order valence-electron chi connectivity index (χ0n) is 7.87. The van der Waals surface area contributed by atoms with Crippen molar-refractivity contribution in [2.24, 2.45) is 5.73 Å². The summed E-state index contributed by atoms with van der Waals surface area (Å²) in [6, 6.07) is 12.0. The molecule has 1 aromatic rings. The molecule has 12 heavy (non-hydrogen) atoms. The molecule has 0 unspecified atom stereocenters. The summed E-state index contributed by atoms with van der Waals surface area (Å²) in [5.41, 5.74) is 5.21. The van der Waals surface area contributed by atoms with Crippen molar-refractivity contribution in [3.05, 3.63) is 36.4 Å². The third-order valence-electron chi connectivity index (χ3n) is 1.47. The van der Waals surface area contributed by atoms with E-state index in [-0.39, 0.29) is 0 Å².